The molecular weight excluding hydrogens is 697 g/mol. The molecular formula is C52H34N4O. The predicted molar refractivity (Wildman–Crippen MR) is 227 cm³/mol. The molecule has 1 unspecified atom stereocenters. The van der Waals surface area contributed by atoms with Crippen LogP contribution in [0.2, 0.25) is 0 Å². The van der Waals surface area contributed by atoms with Crippen molar-refractivity contribution in [1.82, 2.24) is 19.9 Å². The fraction of sp³-hybridized carbons (Fsp3) is 0.0385. The summed E-state index contributed by atoms with van der Waals surface area (Å²) in [6, 6.07) is 61.7. The van der Waals surface area contributed by atoms with Crippen LogP contribution in [0.4, 0.5) is 0 Å². The number of aryl methyl sites for hydroxylation is 1. The van der Waals surface area contributed by atoms with Gasteiger partial charge in [-0.2, -0.15) is 0 Å². The maximum atomic E-state index is 6.98. The zero-order chi connectivity index (χ0) is 37.9. The van der Waals surface area contributed by atoms with Crippen molar-refractivity contribution in [3.8, 4) is 79.0 Å². The molecule has 1 atom stereocenters. The topological polar surface area (TPSA) is 60.8 Å². The van der Waals surface area contributed by atoms with Crippen molar-refractivity contribution in [2.75, 3.05) is 0 Å². The Bertz CT molecular complexity index is 2940. The van der Waals surface area contributed by atoms with Gasteiger partial charge in [0.1, 0.15) is 11.5 Å². The molecule has 0 bridgehead atoms. The summed E-state index contributed by atoms with van der Waals surface area (Å²) in [5.41, 5.74) is 14.8. The molecule has 57 heavy (non-hydrogen) atoms. The van der Waals surface area contributed by atoms with E-state index in [0.29, 0.717) is 17.5 Å². The first-order valence-electron chi connectivity index (χ1n) is 19.2. The van der Waals surface area contributed by atoms with Crippen molar-refractivity contribution < 1.29 is 4.74 Å². The number of para-hydroxylation sites is 2. The highest BCUT2D eigenvalue weighted by Crippen LogP contribution is 2.63. The van der Waals surface area contributed by atoms with E-state index in [9.17, 15) is 0 Å². The van der Waals surface area contributed by atoms with Gasteiger partial charge < -0.3 is 4.74 Å². The van der Waals surface area contributed by atoms with E-state index >= 15 is 0 Å². The van der Waals surface area contributed by atoms with E-state index in [2.05, 4.69) is 127 Å². The molecule has 0 N–H and O–H groups in total. The lowest BCUT2D eigenvalue weighted by atomic mass is 9.65. The Morgan fingerprint density at radius 1 is 0.404 bits per heavy atom. The van der Waals surface area contributed by atoms with Gasteiger partial charge in [0.25, 0.3) is 0 Å². The summed E-state index contributed by atoms with van der Waals surface area (Å²) in [6.07, 6.45) is 3.76. The van der Waals surface area contributed by atoms with E-state index in [1.807, 2.05) is 73.1 Å². The van der Waals surface area contributed by atoms with Crippen molar-refractivity contribution in [3.05, 3.63) is 216 Å². The molecule has 5 heteroatoms. The molecule has 7 aromatic carbocycles. The van der Waals surface area contributed by atoms with Gasteiger partial charge in [0.2, 0.25) is 0 Å². The Hall–Kier alpha value is -7.50. The van der Waals surface area contributed by atoms with Crippen molar-refractivity contribution in [1.29, 1.82) is 0 Å². The van der Waals surface area contributed by atoms with Gasteiger partial charge in [0.15, 0.2) is 17.5 Å². The molecule has 2 aromatic heterocycles. The van der Waals surface area contributed by atoms with Crippen LogP contribution in [-0.2, 0) is 5.41 Å². The molecule has 5 nitrogen and oxygen atoms in total. The van der Waals surface area contributed by atoms with Crippen molar-refractivity contribution >= 4 is 0 Å². The molecule has 0 saturated carbocycles. The van der Waals surface area contributed by atoms with E-state index in [4.69, 9.17) is 19.7 Å². The van der Waals surface area contributed by atoms with Crippen molar-refractivity contribution in [2.24, 2.45) is 0 Å². The van der Waals surface area contributed by atoms with Crippen LogP contribution in [-0.4, -0.2) is 19.9 Å². The first kappa shape index (κ1) is 32.9. The van der Waals surface area contributed by atoms with Crippen molar-refractivity contribution in [2.45, 2.75) is 12.3 Å². The maximum absolute atomic E-state index is 6.98. The number of aromatic nitrogens is 4. The molecule has 2 aliphatic rings. The van der Waals surface area contributed by atoms with Gasteiger partial charge in [-0.05, 0) is 69.6 Å². The van der Waals surface area contributed by atoms with Crippen LogP contribution in [0.3, 0.4) is 0 Å². The second kappa shape index (κ2) is 13.1. The second-order valence-electron chi connectivity index (χ2n) is 14.6. The molecule has 1 spiro atoms. The zero-order valence-electron chi connectivity index (χ0n) is 31.1. The minimum atomic E-state index is -0.623. The van der Waals surface area contributed by atoms with Crippen LogP contribution in [0.1, 0.15) is 27.8 Å². The number of fused-ring (bicyclic) bond motifs is 9. The average molecular weight is 731 g/mol. The zero-order valence-corrected chi connectivity index (χ0v) is 31.1. The van der Waals surface area contributed by atoms with Gasteiger partial charge in [-0.1, -0.05) is 158 Å². The molecule has 0 fully saturated rings. The van der Waals surface area contributed by atoms with Crippen molar-refractivity contribution in [3.63, 3.8) is 0 Å². The average Bonchev–Trinajstić information content (AvgIpc) is 3.57. The van der Waals surface area contributed by atoms with Gasteiger partial charge in [0, 0.05) is 45.8 Å². The quantitative estimate of drug-likeness (QED) is 0.176. The Balaban J connectivity index is 1.11. The van der Waals surface area contributed by atoms with Crippen LogP contribution < -0.4 is 4.74 Å². The molecule has 0 amide bonds. The minimum absolute atomic E-state index is 0.623. The monoisotopic (exact) mass is 730 g/mol. The van der Waals surface area contributed by atoms with Gasteiger partial charge in [-0.25, -0.2) is 15.0 Å². The molecule has 9 aromatic rings. The van der Waals surface area contributed by atoms with E-state index in [1.165, 1.54) is 22.3 Å². The number of nitrogens with zero attached hydrogens (tertiary/aromatic N) is 4. The highest BCUT2D eigenvalue weighted by molar-refractivity contribution is 5.92. The van der Waals surface area contributed by atoms with Crippen LogP contribution in [0.15, 0.2) is 188 Å². The molecule has 0 radical (unpaired) electrons. The van der Waals surface area contributed by atoms with Crippen LogP contribution in [0.5, 0.6) is 11.5 Å². The minimum Gasteiger partial charge on any atom is -0.456 e. The fourth-order valence-electron chi connectivity index (χ4n) is 8.86. The standard InChI is InChI=1S/C52H34N4O/c1-33-32-53-30-29-39(33)34-23-25-35(26-24-34)40-18-12-21-46-48(40)57-47-22-11-10-20-45(47)52(46)43-19-9-8-17-41(43)42-31-38(27-28-44(42)52)51-55-49(36-13-4-2-5-14-36)54-50(56-51)37-15-6-3-7-16-37/h2-32H,1H3. The summed E-state index contributed by atoms with van der Waals surface area (Å²) >= 11 is 0. The molecule has 1 aliphatic carbocycles. The molecule has 0 saturated heterocycles. The number of ether oxygens (including phenoxy) is 1. The first-order valence-corrected chi connectivity index (χ1v) is 19.2. The lowest BCUT2D eigenvalue weighted by Crippen LogP contribution is -2.32. The molecule has 11 rings (SSSR count). The lowest BCUT2D eigenvalue weighted by Gasteiger charge is -2.40. The van der Waals surface area contributed by atoms with Gasteiger partial charge in [-0.3, -0.25) is 4.98 Å². The normalized spacial score (nSPS) is 14.6. The van der Waals surface area contributed by atoms with Gasteiger partial charge >= 0.3 is 0 Å². The number of pyridine rings is 1. The summed E-state index contributed by atoms with van der Waals surface area (Å²) in [7, 11) is 0. The Morgan fingerprint density at radius 3 is 1.65 bits per heavy atom. The van der Waals surface area contributed by atoms with E-state index in [1.54, 1.807) is 0 Å². The third-order valence-corrected chi connectivity index (χ3v) is 11.5. The summed E-state index contributed by atoms with van der Waals surface area (Å²) < 4.78 is 6.98. The third-order valence-electron chi connectivity index (χ3n) is 11.5. The lowest BCUT2D eigenvalue weighted by molar-refractivity contribution is 0.438. The van der Waals surface area contributed by atoms with E-state index in [0.717, 1.165) is 67.1 Å². The number of benzene rings is 7. The number of rotatable bonds is 5. The Morgan fingerprint density at radius 2 is 0.947 bits per heavy atom. The SMILES string of the molecule is Cc1cnccc1-c1ccc(-c2cccc3c2Oc2ccccc2C32c3ccccc3-c3cc(-c4nc(-c5ccccc5)nc(-c5ccccc5)n4)ccc32)cc1. The third kappa shape index (κ3) is 5.16. The number of hydrogen-bond donors (Lipinski definition) is 0. The van der Waals surface area contributed by atoms with Crippen LogP contribution >= 0.6 is 0 Å². The molecule has 1 aliphatic heterocycles. The highest BCUT2D eigenvalue weighted by atomic mass is 16.5. The largest absolute Gasteiger partial charge is 0.456 e. The second-order valence-corrected chi connectivity index (χ2v) is 14.6. The van der Waals surface area contributed by atoms with Crippen LogP contribution in [0.25, 0.3) is 67.5 Å². The van der Waals surface area contributed by atoms with E-state index < -0.39 is 5.41 Å². The van der Waals surface area contributed by atoms with Gasteiger partial charge in [0.05, 0.1) is 5.41 Å². The summed E-state index contributed by atoms with van der Waals surface area (Å²) in [6.45, 7) is 2.10. The number of hydrogen-bond acceptors (Lipinski definition) is 5. The fourth-order valence-corrected chi connectivity index (χ4v) is 8.86. The summed E-state index contributed by atoms with van der Waals surface area (Å²) in [4.78, 5) is 19.4. The Labute approximate surface area is 331 Å². The summed E-state index contributed by atoms with van der Waals surface area (Å²) in [5, 5.41) is 0. The molecule has 268 valence electrons. The highest BCUT2D eigenvalue weighted by Gasteiger charge is 2.51. The molecule has 3 heterocycles. The summed E-state index contributed by atoms with van der Waals surface area (Å²) in [5.74, 6) is 3.63. The first-order chi connectivity index (χ1) is 28.2. The smallest absolute Gasteiger partial charge is 0.164 e. The van der Waals surface area contributed by atoms with E-state index in [-0.39, 0.29) is 0 Å². The predicted octanol–water partition coefficient (Wildman–Crippen LogP) is 12.4. The van der Waals surface area contributed by atoms with Gasteiger partial charge in [-0.15, -0.1) is 0 Å². The maximum Gasteiger partial charge on any atom is 0.164 e. The Kier molecular flexibility index (Phi) is 7.54. The van der Waals surface area contributed by atoms with Crippen LogP contribution in [0, 0.1) is 6.92 Å².